The summed E-state index contributed by atoms with van der Waals surface area (Å²) in [5.41, 5.74) is 0.483. The Morgan fingerprint density at radius 2 is 1.94 bits per heavy atom. The van der Waals surface area contributed by atoms with Crippen LogP contribution in [0.2, 0.25) is 0 Å². The third-order valence-electron chi connectivity index (χ3n) is 6.39. The lowest BCUT2D eigenvalue weighted by molar-refractivity contribution is -0.137. The van der Waals surface area contributed by atoms with Gasteiger partial charge in [-0.3, -0.25) is 9.59 Å². The van der Waals surface area contributed by atoms with Gasteiger partial charge in [-0.2, -0.15) is 5.26 Å². The lowest BCUT2D eigenvalue weighted by Gasteiger charge is -2.36. The van der Waals surface area contributed by atoms with Gasteiger partial charge >= 0.3 is 6.03 Å². The van der Waals surface area contributed by atoms with E-state index in [1.807, 2.05) is 20.8 Å². The molecule has 1 unspecified atom stereocenters. The number of imide groups is 1. The minimum Gasteiger partial charge on any atom is -0.335 e. The van der Waals surface area contributed by atoms with Gasteiger partial charge < -0.3 is 9.80 Å². The van der Waals surface area contributed by atoms with E-state index in [1.165, 1.54) is 11.1 Å². The Hall–Kier alpha value is -3.47. The summed E-state index contributed by atoms with van der Waals surface area (Å²) in [6.45, 7) is 6.51. The van der Waals surface area contributed by atoms with Gasteiger partial charge in [0.25, 0.3) is 5.91 Å². The molecule has 1 aromatic carbocycles. The second-order valence-corrected chi connectivity index (χ2v) is 9.70. The molecule has 3 saturated heterocycles. The van der Waals surface area contributed by atoms with Crippen LogP contribution in [0.15, 0.2) is 30.5 Å². The number of likely N-dealkylation sites (tertiary alicyclic amines) is 1. The van der Waals surface area contributed by atoms with Crippen LogP contribution < -0.4 is 4.90 Å². The maximum Gasteiger partial charge on any atom is 0.332 e. The highest BCUT2D eigenvalue weighted by Crippen LogP contribution is 2.44. The van der Waals surface area contributed by atoms with E-state index in [0.29, 0.717) is 35.8 Å². The molecule has 3 fully saturated rings. The summed E-state index contributed by atoms with van der Waals surface area (Å²) in [4.78, 5) is 48.5. The topological polar surface area (TPSA) is 97.6 Å². The van der Waals surface area contributed by atoms with Crippen molar-refractivity contribution in [1.29, 1.82) is 5.26 Å². The number of hydrogen-bond donors (Lipinski definition) is 0. The van der Waals surface area contributed by atoms with Crippen molar-refractivity contribution < 1.29 is 14.4 Å². The Balaban J connectivity index is 1.51. The molecule has 1 aromatic heterocycles. The van der Waals surface area contributed by atoms with Gasteiger partial charge in [-0.15, -0.1) is 0 Å². The van der Waals surface area contributed by atoms with Crippen LogP contribution in [-0.2, 0) is 9.59 Å². The number of carbonyl (C=O) groups excluding carboxylic acids is 3. The summed E-state index contributed by atoms with van der Waals surface area (Å²) in [5, 5.41) is 10.6. The van der Waals surface area contributed by atoms with Crippen molar-refractivity contribution in [2.24, 2.45) is 5.41 Å². The molecule has 4 amide bonds. The molecule has 5 rings (SSSR count). The van der Waals surface area contributed by atoms with Crippen LogP contribution >= 0.6 is 0 Å². The van der Waals surface area contributed by atoms with Gasteiger partial charge in [-0.05, 0) is 11.8 Å². The van der Waals surface area contributed by atoms with Crippen molar-refractivity contribution in [3.63, 3.8) is 0 Å². The van der Waals surface area contributed by atoms with E-state index in [-0.39, 0.29) is 41.0 Å². The zero-order chi connectivity index (χ0) is 22.1. The number of amides is 4. The molecule has 4 heterocycles. The zero-order valence-corrected chi connectivity index (χ0v) is 17.7. The number of pyridine rings is 1. The fourth-order valence-corrected chi connectivity index (χ4v) is 5.17. The molecule has 8 nitrogen and oxygen atoms in total. The summed E-state index contributed by atoms with van der Waals surface area (Å²) < 4.78 is 0. The van der Waals surface area contributed by atoms with Crippen molar-refractivity contribution in [2.45, 2.75) is 51.7 Å². The van der Waals surface area contributed by atoms with Crippen molar-refractivity contribution in [3.8, 4) is 6.07 Å². The van der Waals surface area contributed by atoms with E-state index < -0.39 is 6.04 Å². The number of anilines is 1. The van der Waals surface area contributed by atoms with Gasteiger partial charge in [0.1, 0.15) is 17.8 Å². The Bertz CT molecular complexity index is 1180. The molecule has 2 aromatic rings. The summed E-state index contributed by atoms with van der Waals surface area (Å²) in [5.74, 6) is -0.300. The first-order valence-corrected chi connectivity index (χ1v) is 10.4. The Morgan fingerprint density at radius 3 is 2.61 bits per heavy atom. The molecule has 3 atom stereocenters. The van der Waals surface area contributed by atoms with E-state index in [4.69, 9.17) is 0 Å². The molecule has 158 valence electrons. The van der Waals surface area contributed by atoms with Gasteiger partial charge in [0.15, 0.2) is 0 Å². The van der Waals surface area contributed by atoms with E-state index in [9.17, 15) is 19.6 Å². The Morgan fingerprint density at radius 1 is 1.23 bits per heavy atom. The van der Waals surface area contributed by atoms with Crippen LogP contribution in [-0.4, -0.2) is 57.3 Å². The highest BCUT2D eigenvalue weighted by Gasteiger charge is 2.63. The minimum absolute atomic E-state index is 0.0313. The number of hydrogen-bond acceptors (Lipinski definition) is 5. The number of piperazine rings is 1. The van der Waals surface area contributed by atoms with Crippen molar-refractivity contribution >= 4 is 34.3 Å². The third-order valence-corrected chi connectivity index (χ3v) is 6.39. The maximum absolute atomic E-state index is 13.5. The lowest BCUT2D eigenvalue weighted by atomic mass is 9.91. The molecule has 0 spiro atoms. The predicted octanol–water partition coefficient (Wildman–Crippen LogP) is 2.66. The molecular weight excluding hydrogens is 394 g/mol. The average molecular weight is 417 g/mol. The van der Waals surface area contributed by atoms with Crippen LogP contribution in [0.1, 0.15) is 39.3 Å². The molecule has 0 radical (unpaired) electrons. The Kier molecular flexibility index (Phi) is 4.09. The normalized spacial score (nSPS) is 24.8. The van der Waals surface area contributed by atoms with Crippen LogP contribution in [0.3, 0.4) is 0 Å². The first-order chi connectivity index (χ1) is 14.7. The monoisotopic (exact) mass is 417 g/mol. The number of rotatable bonds is 2. The molecule has 0 N–H and O–H groups in total. The number of benzene rings is 1. The van der Waals surface area contributed by atoms with Crippen LogP contribution in [0.25, 0.3) is 10.8 Å². The second kappa shape index (κ2) is 6.51. The predicted molar refractivity (Wildman–Crippen MR) is 113 cm³/mol. The smallest absolute Gasteiger partial charge is 0.332 e. The average Bonchev–Trinajstić information content (AvgIpc) is 3.38. The van der Waals surface area contributed by atoms with E-state index in [0.717, 1.165) is 0 Å². The number of urea groups is 1. The highest BCUT2D eigenvalue weighted by atomic mass is 16.2. The number of nitriles is 1. The zero-order valence-electron chi connectivity index (χ0n) is 17.7. The number of aromatic nitrogens is 1. The molecule has 0 saturated carbocycles. The highest BCUT2D eigenvalue weighted by molar-refractivity contribution is 6.25. The largest absolute Gasteiger partial charge is 0.335 e. The number of nitrogens with zero attached hydrogens (tertiary/aromatic N) is 5. The van der Waals surface area contributed by atoms with Crippen molar-refractivity contribution in [2.75, 3.05) is 11.4 Å². The van der Waals surface area contributed by atoms with E-state index in [2.05, 4.69) is 11.1 Å². The molecule has 31 heavy (non-hydrogen) atoms. The molecule has 3 aliphatic rings. The number of carbonyl (C=O) groups is 3. The summed E-state index contributed by atoms with van der Waals surface area (Å²) in [6.07, 6.45) is 2.46. The van der Waals surface area contributed by atoms with Gasteiger partial charge in [0.2, 0.25) is 5.91 Å². The van der Waals surface area contributed by atoms with Crippen molar-refractivity contribution in [3.05, 3.63) is 36.2 Å². The summed E-state index contributed by atoms with van der Waals surface area (Å²) >= 11 is 0. The second-order valence-electron chi connectivity index (χ2n) is 9.70. The van der Waals surface area contributed by atoms with Gasteiger partial charge in [-0.25, -0.2) is 14.7 Å². The third kappa shape index (κ3) is 2.80. The van der Waals surface area contributed by atoms with Crippen LogP contribution in [0.4, 0.5) is 10.5 Å². The van der Waals surface area contributed by atoms with Crippen LogP contribution in [0, 0.1) is 16.7 Å². The van der Waals surface area contributed by atoms with Crippen LogP contribution in [0.5, 0.6) is 0 Å². The minimum atomic E-state index is -0.662. The maximum atomic E-state index is 13.5. The molecule has 2 bridgehead atoms. The molecular formula is C23H23N5O3. The van der Waals surface area contributed by atoms with Crippen molar-refractivity contribution in [1.82, 2.24) is 14.8 Å². The lowest BCUT2D eigenvalue weighted by Crippen LogP contribution is -2.55. The first-order valence-electron chi connectivity index (χ1n) is 10.4. The Labute approximate surface area is 180 Å². The molecule has 3 aliphatic heterocycles. The quantitative estimate of drug-likeness (QED) is 0.700. The fourth-order valence-electron chi connectivity index (χ4n) is 5.17. The summed E-state index contributed by atoms with van der Waals surface area (Å²) in [7, 11) is 0. The molecule has 0 aliphatic carbocycles. The molecule has 8 heteroatoms. The standard InChI is InChI=1S/C23H23N5O3/c1-23(2,3)9-19(29)26-12-13-8-17(26)20-21(30)28(22(31)27(13)20)18-11-25-16(10-24)14-6-4-5-7-15(14)18/h4-7,11,13,17,20H,8-9,12H2,1-3H3/t13-,17?,20+/m1/s1. The van der Waals surface area contributed by atoms with E-state index >= 15 is 0 Å². The van der Waals surface area contributed by atoms with E-state index in [1.54, 1.807) is 34.1 Å². The summed E-state index contributed by atoms with van der Waals surface area (Å²) in [6, 6.07) is 7.71. The van der Waals surface area contributed by atoms with Gasteiger partial charge in [0, 0.05) is 23.7 Å². The number of fused-ring (bicyclic) bond motifs is 6. The van der Waals surface area contributed by atoms with Gasteiger partial charge in [-0.1, -0.05) is 45.0 Å². The fraction of sp³-hybridized carbons (Fsp3) is 0.435. The van der Waals surface area contributed by atoms with Gasteiger partial charge in [0.05, 0.1) is 24.0 Å². The first kappa shape index (κ1) is 19.5. The SMILES string of the molecule is CC(C)(C)CC(=O)N1C[C@H]2CC1[C@H]1C(=O)N(c3cnc(C#N)c4ccccc34)C(=O)N21.